The number of aromatic nitrogens is 1. The van der Waals surface area contributed by atoms with Crippen LogP contribution in [0, 0.1) is 0 Å². The first-order valence-corrected chi connectivity index (χ1v) is 11.2. The minimum absolute atomic E-state index is 0.143. The lowest BCUT2D eigenvalue weighted by atomic mass is 10.0. The Morgan fingerprint density at radius 1 is 1.09 bits per heavy atom. The molecule has 4 rings (SSSR count). The van der Waals surface area contributed by atoms with Gasteiger partial charge in [-0.2, -0.15) is 0 Å². The summed E-state index contributed by atoms with van der Waals surface area (Å²) in [4.78, 5) is 14.3. The van der Waals surface area contributed by atoms with E-state index in [1.165, 1.54) is 6.07 Å². The minimum Gasteiger partial charge on any atom is -0.872 e. The first kappa shape index (κ1) is 23.8. The lowest BCUT2D eigenvalue weighted by molar-refractivity contribution is -0.914. The third-order valence-corrected chi connectivity index (χ3v) is 6.16. The summed E-state index contributed by atoms with van der Waals surface area (Å²) in [7, 11) is 6.86. The summed E-state index contributed by atoms with van der Waals surface area (Å²) < 4.78 is 23.9. The van der Waals surface area contributed by atoms with Gasteiger partial charge >= 0.3 is 0 Å². The molecule has 0 spiro atoms. The number of allylic oxidation sites excluding steroid dienone is 1. The third-order valence-electron chi connectivity index (χ3n) is 6.16. The van der Waals surface area contributed by atoms with Crippen LogP contribution in [0.25, 0.3) is 17.0 Å². The number of nitrogens with one attached hydrogen (secondary N) is 1. The Bertz CT molecular complexity index is 1220. The van der Waals surface area contributed by atoms with Crippen molar-refractivity contribution in [2.24, 2.45) is 7.05 Å². The average Bonchev–Trinajstić information content (AvgIpc) is 3.33. The maximum absolute atomic E-state index is 13.2. The lowest BCUT2D eigenvalue weighted by Crippen LogP contribution is -3.11. The van der Waals surface area contributed by atoms with Crippen LogP contribution in [0.3, 0.4) is 0 Å². The topological polar surface area (TPSA) is 86.4 Å². The van der Waals surface area contributed by atoms with Crippen LogP contribution in [-0.4, -0.2) is 58.0 Å². The van der Waals surface area contributed by atoms with Crippen molar-refractivity contribution in [1.29, 1.82) is 0 Å². The number of hydrogen-bond acceptors (Lipinski definition) is 6. The summed E-state index contributed by atoms with van der Waals surface area (Å²) in [6.45, 7) is 2.94. The van der Waals surface area contributed by atoms with Crippen molar-refractivity contribution < 1.29 is 33.7 Å². The van der Waals surface area contributed by atoms with Crippen LogP contribution in [0.1, 0.15) is 21.5 Å². The molecule has 0 saturated carbocycles. The van der Waals surface area contributed by atoms with Gasteiger partial charge in [-0.05, 0) is 30.3 Å². The van der Waals surface area contributed by atoms with E-state index in [-0.39, 0.29) is 17.3 Å². The van der Waals surface area contributed by atoms with E-state index >= 15 is 0 Å². The molecule has 0 bridgehead atoms. The number of quaternary nitrogens is 1. The second kappa shape index (κ2) is 10.3. The van der Waals surface area contributed by atoms with E-state index in [1.54, 1.807) is 33.5 Å². The van der Waals surface area contributed by atoms with E-state index in [2.05, 4.69) is 0 Å². The smallest absolute Gasteiger partial charge is 0.231 e. The molecular formula is C26H30N2O6. The normalized spacial score (nSPS) is 14.3. The van der Waals surface area contributed by atoms with Gasteiger partial charge in [-0.3, -0.25) is 4.79 Å². The molecule has 3 aromatic rings. The second-order valence-corrected chi connectivity index (χ2v) is 8.35. The molecular weight excluding hydrogens is 436 g/mol. The number of nitrogens with zero attached hydrogens (tertiary/aromatic N) is 1. The fraction of sp³-hybridized carbons (Fsp3) is 0.346. The Balaban J connectivity index is 1.68. The van der Waals surface area contributed by atoms with Crippen molar-refractivity contribution in [3.63, 3.8) is 0 Å². The zero-order valence-electron chi connectivity index (χ0n) is 20.0. The number of fused-ring (bicyclic) bond motifs is 2. The number of hydrogen-bond donors (Lipinski definition) is 1. The number of rotatable bonds is 10. The van der Waals surface area contributed by atoms with Crippen LogP contribution >= 0.6 is 0 Å². The number of ether oxygens (including phenoxy) is 4. The maximum Gasteiger partial charge on any atom is 0.231 e. The van der Waals surface area contributed by atoms with Crippen molar-refractivity contribution in [2.45, 2.75) is 6.54 Å². The van der Waals surface area contributed by atoms with Crippen molar-refractivity contribution in [2.75, 3.05) is 47.6 Å². The molecule has 2 heterocycles. The summed E-state index contributed by atoms with van der Waals surface area (Å²) >= 11 is 0. The van der Waals surface area contributed by atoms with Crippen molar-refractivity contribution in [3.05, 3.63) is 59.0 Å². The lowest BCUT2D eigenvalue weighted by Gasteiger charge is -2.23. The molecule has 0 radical (unpaired) electrons. The average molecular weight is 467 g/mol. The molecule has 0 aliphatic carbocycles. The SMILES string of the molecule is COCC[NH+](CCOC)Cc1c([O-])ccc2c1O/C(=C/c1cn(C)c3ccc(OC)cc13)C2=O. The predicted octanol–water partition coefficient (Wildman–Crippen LogP) is 1.55. The van der Waals surface area contributed by atoms with E-state index < -0.39 is 0 Å². The van der Waals surface area contributed by atoms with Gasteiger partial charge in [0.2, 0.25) is 5.78 Å². The minimum atomic E-state index is -0.230. The molecule has 1 aromatic heterocycles. The van der Waals surface area contributed by atoms with E-state index in [1.807, 2.05) is 36.0 Å². The Labute approximate surface area is 198 Å². The van der Waals surface area contributed by atoms with Crippen LogP contribution < -0.4 is 19.5 Å². The molecule has 8 nitrogen and oxygen atoms in total. The third kappa shape index (κ3) is 4.65. The van der Waals surface area contributed by atoms with Crippen LogP contribution in [0.2, 0.25) is 0 Å². The van der Waals surface area contributed by atoms with E-state index in [4.69, 9.17) is 18.9 Å². The van der Waals surface area contributed by atoms with Gasteiger partial charge in [0.25, 0.3) is 0 Å². The largest absolute Gasteiger partial charge is 0.872 e. The summed E-state index contributed by atoms with van der Waals surface area (Å²) in [6, 6.07) is 8.81. The van der Waals surface area contributed by atoms with Crippen molar-refractivity contribution >= 4 is 22.8 Å². The molecule has 1 aliphatic rings. The number of aryl methyl sites for hydroxylation is 1. The molecule has 0 amide bonds. The predicted molar refractivity (Wildman–Crippen MR) is 126 cm³/mol. The Morgan fingerprint density at radius 2 is 1.82 bits per heavy atom. The van der Waals surface area contributed by atoms with E-state index in [9.17, 15) is 9.90 Å². The van der Waals surface area contributed by atoms with Gasteiger partial charge in [-0.15, -0.1) is 0 Å². The second-order valence-electron chi connectivity index (χ2n) is 8.35. The standard InChI is InChI=1S/C26H30N2O6/c1-27-15-17(20-14-18(33-4)5-7-22(20)27)13-24-25(30)19-6-8-23(29)21(26(19)34-24)16-28(9-11-31-2)10-12-32-3/h5-8,13-15,29H,9-12,16H2,1-4H3/b24-13+. The quantitative estimate of drug-likeness (QED) is 0.457. The molecule has 1 N–H and O–H groups in total. The zero-order valence-corrected chi connectivity index (χ0v) is 20.0. The molecule has 2 aromatic carbocycles. The van der Waals surface area contributed by atoms with Gasteiger partial charge in [0.15, 0.2) is 5.76 Å². The van der Waals surface area contributed by atoms with Gasteiger partial charge in [-0.25, -0.2) is 0 Å². The first-order chi connectivity index (χ1) is 16.5. The van der Waals surface area contributed by atoms with Gasteiger partial charge < -0.3 is 33.5 Å². The molecule has 0 atom stereocenters. The number of carbonyl (C=O) groups is 1. The highest BCUT2D eigenvalue weighted by atomic mass is 16.5. The Hall–Kier alpha value is -3.33. The van der Waals surface area contributed by atoms with Crippen molar-refractivity contribution in [1.82, 2.24) is 4.57 Å². The fourth-order valence-electron chi connectivity index (χ4n) is 4.29. The Kier molecular flexibility index (Phi) is 7.21. The van der Waals surface area contributed by atoms with E-state index in [0.29, 0.717) is 49.7 Å². The number of methoxy groups -OCH3 is 3. The molecule has 180 valence electrons. The molecule has 8 heteroatoms. The molecule has 0 saturated heterocycles. The summed E-state index contributed by atoms with van der Waals surface area (Å²) in [5, 5.41) is 13.7. The summed E-state index contributed by atoms with van der Waals surface area (Å²) in [6.07, 6.45) is 3.68. The van der Waals surface area contributed by atoms with Gasteiger partial charge in [0.1, 0.15) is 31.1 Å². The monoisotopic (exact) mass is 466 g/mol. The first-order valence-electron chi connectivity index (χ1n) is 11.2. The number of ketones is 1. The maximum atomic E-state index is 13.2. The van der Waals surface area contributed by atoms with Crippen LogP contribution in [0.15, 0.2) is 42.3 Å². The molecule has 1 aliphatic heterocycles. The van der Waals surface area contributed by atoms with Crippen LogP contribution in [0.4, 0.5) is 0 Å². The number of carbonyl (C=O) groups excluding carboxylic acids is 1. The molecule has 0 fully saturated rings. The number of benzene rings is 2. The highest BCUT2D eigenvalue weighted by Crippen LogP contribution is 2.39. The fourth-order valence-corrected chi connectivity index (χ4v) is 4.29. The van der Waals surface area contributed by atoms with E-state index in [0.717, 1.165) is 27.1 Å². The Morgan fingerprint density at radius 3 is 2.50 bits per heavy atom. The zero-order chi connectivity index (χ0) is 24.2. The molecule has 34 heavy (non-hydrogen) atoms. The van der Waals surface area contributed by atoms with Gasteiger partial charge in [0.05, 0.1) is 25.9 Å². The number of Topliss-reactive ketones (excluding diaryl/α,β-unsaturated/α-hetero) is 1. The van der Waals surface area contributed by atoms with Crippen LogP contribution in [0.5, 0.6) is 17.2 Å². The highest BCUT2D eigenvalue weighted by molar-refractivity contribution is 6.15. The van der Waals surface area contributed by atoms with Crippen molar-refractivity contribution in [3.8, 4) is 17.2 Å². The molecule has 0 unspecified atom stereocenters. The summed E-state index contributed by atoms with van der Waals surface area (Å²) in [5.41, 5.74) is 2.75. The van der Waals surface area contributed by atoms with Crippen LogP contribution in [-0.2, 0) is 23.1 Å². The van der Waals surface area contributed by atoms with Gasteiger partial charge in [-0.1, -0.05) is 11.8 Å². The highest BCUT2D eigenvalue weighted by Gasteiger charge is 2.31. The van der Waals surface area contributed by atoms with Gasteiger partial charge in [0, 0.05) is 49.5 Å². The summed E-state index contributed by atoms with van der Waals surface area (Å²) in [5.74, 6) is 0.914.